The van der Waals surface area contributed by atoms with Crippen LogP contribution in [0, 0.1) is 5.92 Å². The second-order valence-electron chi connectivity index (χ2n) is 5.94. The van der Waals surface area contributed by atoms with Crippen LogP contribution in [0.4, 0.5) is 24.8 Å². The van der Waals surface area contributed by atoms with Gasteiger partial charge >= 0.3 is 6.18 Å². The van der Waals surface area contributed by atoms with E-state index in [1.165, 1.54) is 18.2 Å². The third kappa shape index (κ3) is 4.19. The molecule has 1 amide bonds. The Kier molecular flexibility index (Phi) is 4.92. The molecule has 0 aliphatic carbocycles. The minimum Gasteiger partial charge on any atom is -0.506 e. The quantitative estimate of drug-likeness (QED) is 0.867. The summed E-state index contributed by atoms with van der Waals surface area (Å²) in [5.74, 6) is -1.19. The van der Waals surface area contributed by atoms with Crippen LogP contribution in [0.15, 0.2) is 30.5 Å². The Hall–Kier alpha value is -2.91. The summed E-state index contributed by atoms with van der Waals surface area (Å²) in [5.41, 5.74) is 0.0999. The van der Waals surface area contributed by atoms with Gasteiger partial charge in [0.2, 0.25) is 0 Å². The van der Waals surface area contributed by atoms with E-state index in [0.29, 0.717) is 5.82 Å². The van der Waals surface area contributed by atoms with Gasteiger partial charge in [-0.1, -0.05) is 0 Å². The van der Waals surface area contributed by atoms with E-state index < -0.39 is 18.0 Å². The van der Waals surface area contributed by atoms with Gasteiger partial charge in [0.15, 0.2) is 11.6 Å². The molecule has 1 aliphatic heterocycles. The number of piperidine rings is 1. The molecular formula is C16H16F3N5O2. The van der Waals surface area contributed by atoms with Crippen molar-refractivity contribution in [3.05, 3.63) is 36.2 Å². The zero-order chi connectivity index (χ0) is 18.7. The summed E-state index contributed by atoms with van der Waals surface area (Å²) in [6, 6.07) is 5.82. The van der Waals surface area contributed by atoms with E-state index in [1.807, 2.05) is 0 Å². The lowest BCUT2D eigenvalue weighted by Crippen LogP contribution is -2.39. The van der Waals surface area contributed by atoms with Crippen LogP contribution in [0.2, 0.25) is 0 Å². The fraction of sp³-hybridized carbons (Fsp3) is 0.375. The number of amides is 1. The summed E-state index contributed by atoms with van der Waals surface area (Å²) in [4.78, 5) is 17.5. The molecule has 0 aromatic carbocycles. The smallest absolute Gasteiger partial charge is 0.391 e. The summed E-state index contributed by atoms with van der Waals surface area (Å²) in [5, 5.41) is 19.5. The maximum absolute atomic E-state index is 12.7. The predicted octanol–water partition coefficient (Wildman–Crippen LogP) is 2.61. The highest BCUT2D eigenvalue weighted by molar-refractivity contribution is 6.02. The molecule has 2 aromatic rings. The number of hydrogen-bond acceptors (Lipinski definition) is 6. The van der Waals surface area contributed by atoms with Gasteiger partial charge in [0.25, 0.3) is 5.91 Å². The normalized spacial score (nSPS) is 15.7. The molecule has 2 N–H and O–H groups in total. The maximum Gasteiger partial charge on any atom is 0.391 e. The molecule has 3 rings (SSSR count). The average Bonchev–Trinajstić information content (AvgIpc) is 2.62. The zero-order valence-corrected chi connectivity index (χ0v) is 13.6. The molecule has 0 bridgehead atoms. The molecule has 0 radical (unpaired) electrons. The maximum atomic E-state index is 12.7. The molecule has 0 atom stereocenters. The van der Waals surface area contributed by atoms with Gasteiger partial charge in [0.1, 0.15) is 11.4 Å². The molecule has 0 saturated carbocycles. The standard InChI is InChI=1S/C16H16F3N5O2/c17-16(18,19)10-5-7-24(8-6-10)14-4-3-13(22-23-14)21-15(26)12-2-1-11(25)9-20-12/h1-4,9-10,25H,5-8H2,(H,21,22,26). The van der Waals surface area contributed by atoms with E-state index >= 15 is 0 Å². The van der Waals surface area contributed by atoms with E-state index in [2.05, 4.69) is 20.5 Å². The number of aromatic hydroxyl groups is 1. The van der Waals surface area contributed by atoms with Gasteiger partial charge in [0, 0.05) is 13.1 Å². The summed E-state index contributed by atoms with van der Waals surface area (Å²) in [6.07, 6.45) is -2.96. The lowest BCUT2D eigenvalue weighted by atomic mass is 9.96. The molecule has 2 aromatic heterocycles. The number of nitrogens with zero attached hydrogens (tertiary/aromatic N) is 4. The summed E-state index contributed by atoms with van der Waals surface area (Å²) >= 11 is 0. The van der Waals surface area contributed by atoms with Gasteiger partial charge < -0.3 is 15.3 Å². The van der Waals surface area contributed by atoms with Crippen LogP contribution in [0.1, 0.15) is 23.3 Å². The highest BCUT2D eigenvalue weighted by Crippen LogP contribution is 2.34. The van der Waals surface area contributed by atoms with Crippen LogP contribution in [-0.2, 0) is 0 Å². The number of rotatable bonds is 3. The Morgan fingerprint density at radius 2 is 1.88 bits per heavy atom. The molecule has 0 unspecified atom stereocenters. The first-order valence-corrected chi connectivity index (χ1v) is 7.94. The summed E-state index contributed by atoms with van der Waals surface area (Å²) in [6.45, 7) is 0.504. The molecular weight excluding hydrogens is 351 g/mol. The van der Waals surface area contributed by atoms with Crippen LogP contribution in [0.25, 0.3) is 0 Å². The van der Waals surface area contributed by atoms with Crippen molar-refractivity contribution in [2.75, 3.05) is 23.3 Å². The average molecular weight is 367 g/mol. The van der Waals surface area contributed by atoms with Gasteiger partial charge in [-0.2, -0.15) is 13.2 Å². The molecule has 3 heterocycles. The van der Waals surface area contributed by atoms with Crippen LogP contribution >= 0.6 is 0 Å². The van der Waals surface area contributed by atoms with E-state index in [0.717, 1.165) is 6.20 Å². The topological polar surface area (TPSA) is 91.2 Å². The number of alkyl halides is 3. The minimum absolute atomic E-state index is 0.0240. The number of nitrogens with one attached hydrogen (secondary N) is 1. The number of carbonyl (C=O) groups excluding carboxylic acids is 1. The Balaban J connectivity index is 1.59. The first-order chi connectivity index (χ1) is 12.3. The minimum atomic E-state index is -4.16. The molecule has 1 saturated heterocycles. The Bertz CT molecular complexity index is 757. The van der Waals surface area contributed by atoms with Crippen LogP contribution in [0.5, 0.6) is 5.75 Å². The van der Waals surface area contributed by atoms with Crippen molar-refractivity contribution < 1.29 is 23.1 Å². The Morgan fingerprint density at radius 3 is 2.42 bits per heavy atom. The van der Waals surface area contributed by atoms with Crippen molar-refractivity contribution in [3.63, 3.8) is 0 Å². The van der Waals surface area contributed by atoms with Crippen molar-refractivity contribution in [1.82, 2.24) is 15.2 Å². The predicted molar refractivity (Wildman–Crippen MR) is 86.9 cm³/mol. The molecule has 10 heteroatoms. The van der Waals surface area contributed by atoms with E-state index in [4.69, 9.17) is 5.11 Å². The molecule has 7 nitrogen and oxygen atoms in total. The van der Waals surface area contributed by atoms with Crippen molar-refractivity contribution in [3.8, 4) is 5.75 Å². The lowest BCUT2D eigenvalue weighted by molar-refractivity contribution is -0.179. The molecule has 26 heavy (non-hydrogen) atoms. The monoisotopic (exact) mass is 367 g/mol. The first kappa shape index (κ1) is 17.9. The summed E-state index contributed by atoms with van der Waals surface area (Å²) in [7, 11) is 0. The summed E-state index contributed by atoms with van der Waals surface area (Å²) < 4.78 is 38.1. The second kappa shape index (κ2) is 7.14. The fourth-order valence-electron chi connectivity index (χ4n) is 2.70. The highest BCUT2D eigenvalue weighted by atomic mass is 19.4. The van der Waals surface area contributed by atoms with Crippen molar-refractivity contribution in [2.45, 2.75) is 19.0 Å². The van der Waals surface area contributed by atoms with E-state index in [-0.39, 0.29) is 43.2 Å². The van der Waals surface area contributed by atoms with Gasteiger partial charge in [-0.15, -0.1) is 10.2 Å². The number of hydrogen-bond donors (Lipinski definition) is 2. The van der Waals surface area contributed by atoms with Crippen LogP contribution in [-0.4, -0.2) is 45.5 Å². The third-order valence-corrected chi connectivity index (χ3v) is 4.15. The molecule has 0 spiro atoms. The SMILES string of the molecule is O=C(Nc1ccc(N2CCC(C(F)(F)F)CC2)nn1)c1ccc(O)cn1. The number of halogens is 3. The van der Waals surface area contributed by atoms with Crippen molar-refractivity contribution in [2.24, 2.45) is 5.92 Å². The fourth-order valence-corrected chi connectivity index (χ4v) is 2.70. The van der Waals surface area contributed by atoms with Crippen molar-refractivity contribution in [1.29, 1.82) is 0 Å². The Labute approximate surface area is 146 Å². The van der Waals surface area contributed by atoms with E-state index in [9.17, 15) is 18.0 Å². The molecule has 1 aliphatic rings. The second-order valence-corrected chi connectivity index (χ2v) is 5.94. The van der Waals surface area contributed by atoms with Gasteiger partial charge in [0.05, 0.1) is 12.1 Å². The van der Waals surface area contributed by atoms with Crippen LogP contribution < -0.4 is 10.2 Å². The number of anilines is 2. The van der Waals surface area contributed by atoms with Gasteiger partial charge in [-0.25, -0.2) is 4.98 Å². The highest BCUT2D eigenvalue weighted by Gasteiger charge is 2.41. The number of carbonyl (C=O) groups is 1. The van der Waals surface area contributed by atoms with Crippen LogP contribution in [0.3, 0.4) is 0 Å². The third-order valence-electron chi connectivity index (χ3n) is 4.15. The lowest BCUT2D eigenvalue weighted by Gasteiger charge is -2.33. The van der Waals surface area contributed by atoms with E-state index in [1.54, 1.807) is 11.0 Å². The Morgan fingerprint density at radius 1 is 1.15 bits per heavy atom. The first-order valence-electron chi connectivity index (χ1n) is 7.94. The zero-order valence-electron chi connectivity index (χ0n) is 13.6. The van der Waals surface area contributed by atoms with Gasteiger partial charge in [-0.3, -0.25) is 4.79 Å². The number of aromatic nitrogens is 3. The molecule has 1 fully saturated rings. The number of pyridine rings is 1. The molecule has 138 valence electrons. The largest absolute Gasteiger partial charge is 0.506 e. The van der Waals surface area contributed by atoms with Crippen molar-refractivity contribution >= 4 is 17.5 Å². The van der Waals surface area contributed by atoms with Gasteiger partial charge in [-0.05, 0) is 37.1 Å².